The highest BCUT2D eigenvalue weighted by Gasteiger charge is 2.10. The SMILES string of the molecule is CC(NCCC(C)S(C)=O)c1ccnn1C. The summed E-state index contributed by atoms with van der Waals surface area (Å²) in [5.74, 6) is 0. The molecule has 0 amide bonds. The van der Waals surface area contributed by atoms with Gasteiger partial charge in [0.15, 0.2) is 0 Å². The second-order valence-electron chi connectivity index (χ2n) is 4.15. The first-order chi connectivity index (χ1) is 7.52. The minimum atomic E-state index is -0.724. The fraction of sp³-hybridized carbons (Fsp3) is 0.727. The van der Waals surface area contributed by atoms with Crippen LogP contribution in [0, 0.1) is 0 Å². The monoisotopic (exact) mass is 243 g/mol. The topological polar surface area (TPSA) is 46.9 Å². The Labute approximate surface area is 99.9 Å². The third kappa shape index (κ3) is 3.72. The molecule has 1 aromatic rings. The van der Waals surface area contributed by atoms with Gasteiger partial charge in [0.25, 0.3) is 0 Å². The number of hydrogen-bond donors (Lipinski definition) is 1. The Kier molecular flexibility index (Phi) is 5.15. The lowest BCUT2D eigenvalue weighted by molar-refractivity contribution is 0.519. The highest BCUT2D eigenvalue weighted by atomic mass is 32.2. The van der Waals surface area contributed by atoms with E-state index in [1.165, 1.54) is 5.69 Å². The summed E-state index contributed by atoms with van der Waals surface area (Å²) in [7, 11) is 1.22. The first-order valence-corrected chi connectivity index (χ1v) is 7.18. The van der Waals surface area contributed by atoms with Gasteiger partial charge >= 0.3 is 0 Å². The van der Waals surface area contributed by atoms with E-state index in [2.05, 4.69) is 17.3 Å². The van der Waals surface area contributed by atoms with Gasteiger partial charge in [-0.05, 0) is 26.0 Å². The van der Waals surface area contributed by atoms with Crippen LogP contribution in [0.4, 0.5) is 0 Å². The predicted octanol–water partition coefficient (Wildman–Crippen LogP) is 1.23. The van der Waals surface area contributed by atoms with Gasteiger partial charge in [0, 0.05) is 41.6 Å². The molecule has 1 N–H and O–H groups in total. The van der Waals surface area contributed by atoms with Crippen molar-refractivity contribution in [3.63, 3.8) is 0 Å². The standard InChI is InChI=1S/C11H21N3OS/c1-9(16(4)15)5-7-12-10(2)11-6-8-13-14(11)3/h6,8-10,12H,5,7H2,1-4H3. The summed E-state index contributed by atoms with van der Waals surface area (Å²) in [5.41, 5.74) is 1.17. The van der Waals surface area contributed by atoms with Crippen LogP contribution in [0.15, 0.2) is 12.3 Å². The van der Waals surface area contributed by atoms with E-state index in [9.17, 15) is 4.21 Å². The van der Waals surface area contributed by atoms with Gasteiger partial charge in [-0.3, -0.25) is 8.89 Å². The zero-order valence-electron chi connectivity index (χ0n) is 10.4. The molecule has 0 radical (unpaired) electrons. The van der Waals surface area contributed by atoms with Crippen LogP contribution in [0.25, 0.3) is 0 Å². The van der Waals surface area contributed by atoms with Gasteiger partial charge in [-0.15, -0.1) is 0 Å². The van der Waals surface area contributed by atoms with Gasteiger partial charge < -0.3 is 5.32 Å². The van der Waals surface area contributed by atoms with Crippen molar-refractivity contribution in [3.8, 4) is 0 Å². The molecule has 1 aromatic heterocycles. The molecule has 0 aliphatic carbocycles. The molecule has 1 heterocycles. The van der Waals surface area contributed by atoms with Crippen molar-refractivity contribution in [1.29, 1.82) is 0 Å². The Morgan fingerprint density at radius 3 is 2.75 bits per heavy atom. The average Bonchev–Trinajstić information content (AvgIpc) is 2.64. The van der Waals surface area contributed by atoms with Gasteiger partial charge in [-0.25, -0.2) is 0 Å². The fourth-order valence-corrected chi connectivity index (χ4v) is 2.03. The normalized spacial score (nSPS) is 17.0. The van der Waals surface area contributed by atoms with Crippen molar-refractivity contribution in [3.05, 3.63) is 18.0 Å². The van der Waals surface area contributed by atoms with Crippen LogP contribution < -0.4 is 5.32 Å². The zero-order valence-corrected chi connectivity index (χ0v) is 11.3. The molecule has 0 aliphatic heterocycles. The van der Waals surface area contributed by atoms with Crippen molar-refractivity contribution < 1.29 is 4.21 Å². The second-order valence-corrected chi connectivity index (χ2v) is 5.96. The molecule has 0 saturated heterocycles. The minimum absolute atomic E-state index is 0.256. The summed E-state index contributed by atoms with van der Waals surface area (Å²) in [4.78, 5) is 0. The molecule has 4 nitrogen and oxygen atoms in total. The second kappa shape index (κ2) is 6.15. The number of nitrogens with zero attached hydrogens (tertiary/aromatic N) is 2. The molecular weight excluding hydrogens is 222 g/mol. The number of hydrogen-bond acceptors (Lipinski definition) is 3. The molecular formula is C11H21N3OS. The molecule has 0 aromatic carbocycles. The lowest BCUT2D eigenvalue weighted by Crippen LogP contribution is -2.25. The third-order valence-corrected chi connectivity index (χ3v) is 4.24. The lowest BCUT2D eigenvalue weighted by Gasteiger charge is -2.15. The largest absolute Gasteiger partial charge is 0.309 e. The van der Waals surface area contributed by atoms with Crippen LogP contribution >= 0.6 is 0 Å². The van der Waals surface area contributed by atoms with Gasteiger partial charge in [-0.1, -0.05) is 6.92 Å². The zero-order chi connectivity index (χ0) is 12.1. The number of aromatic nitrogens is 2. The summed E-state index contributed by atoms with van der Waals surface area (Å²) in [6, 6.07) is 2.30. The van der Waals surface area contributed by atoms with E-state index in [1.54, 1.807) is 12.5 Å². The lowest BCUT2D eigenvalue weighted by atomic mass is 10.2. The van der Waals surface area contributed by atoms with Crippen LogP contribution in [-0.2, 0) is 17.8 Å². The maximum absolute atomic E-state index is 11.2. The van der Waals surface area contributed by atoms with Crippen LogP contribution in [-0.4, -0.2) is 32.0 Å². The summed E-state index contributed by atoms with van der Waals surface area (Å²) in [5, 5.41) is 7.81. The van der Waals surface area contributed by atoms with E-state index in [0.717, 1.165) is 13.0 Å². The molecule has 0 saturated carbocycles. The minimum Gasteiger partial charge on any atom is -0.309 e. The van der Waals surface area contributed by atoms with E-state index in [1.807, 2.05) is 24.7 Å². The summed E-state index contributed by atoms with van der Waals surface area (Å²) in [6.45, 7) is 5.02. The van der Waals surface area contributed by atoms with Crippen molar-refractivity contribution in [2.24, 2.45) is 7.05 Å². The highest BCUT2D eigenvalue weighted by Crippen LogP contribution is 2.10. The molecule has 5 heteroatoms. The molecule has 1 rings (SSSR count). The summed E-state index contributed by atoms with van der Waals surface area (Å²) in [6.07, 6.45) is 4.50. The number of aryl methyl sites for hydroxylation is 1. The van der Waals surface area contributed by atoms with Crippen LogP contribution in [0.1, 0.15) is 32.0 Å². The summed E-state index contributed by atoms with van der Waals surface area (Å²) < 4.78 is 13.0. The van der Waals surface area contributed by atoms with Crippen molar-refractivity contribution in [2.45, 2.75) is 31.6 Å². The molecule has 0 fully saturated rings. The molecule has 3 atom stereocenters. The smallest absolute Gasteiger partial charge is 0.0547 e. The van der Waals surface area contributed by atoms with Gasteiger partial charge in [-0.2, -0.15) is 5.10 Å². The van der Waals surface area contributed by atoms with Crippen molar-refractivity contribution in [2.75, 3.05) is 12.8 Å². The Morgan fingerprint density at radius 1 is 1.56 bits per heavy atom. The highest BCUT2D eigenvalue weighted by molar-refractivity contribution is 7.84. The van der Waals surface area contributed by atoms with Crippen LogP contribution in [0.2, 0.25) is 0 Å². The predicted molar refractivity (Wildman–Crippen MR) is 67.8 cm³/mol. The van der Waals surface area contributed by atoms with E-state index in [4.69, 9.17) is 0 Å². The van der Waals surface area contributed by atoms with E-state index in [0.29, 0.717) is 0 Å². The Hall–Kier alpha value is -0.680. The van der Waals surface area contributed by atoms with Crippen molar-refractivity contribution >= 4 is 10.8 Å². The maximum atomic E-state index is 11.2. The first-order valence-electron chi connectivity index (χ1n) is 5.56. The van der Waals surface area contributed by atoms with E-state index >= 15 is 0 Å². The molecule has 92 valence electrons. The Morgan fingerprint density at radius 2 is 2.25 bits per heavy atom. The van der Waals surface area contributed by atoms with Gasteiger partial charge in [0.2, 0.25) is 0 Å². The Balaban J connectivity index is 2.34. The fourth-order valence-electron chi connectivity index (χ4n) is 1.58. The molecule has 3 unspecified atom stereocenters. The Bertz CT molecular complexity index is 351. The van der Waals surface area contributed by atoms with Gasteiger partial charge in [0.05, 0.1) is 5.69 Å². The summed E-state index contributed by atoms with van der Waals surface area (Å²) >= 11 is 0. The first kappa shape index (κ1) is 13.4. The van der Waals surface area contributed by atoms with Crippen molar-refractivity contribution in [1.82, 2.24) is 15.1 Å². The molecule has 16 heavy (non-hydrogen) atoms. The van der Waals surface area contributed by atoms with Crippen LogP contribution in [0.5, 0.6) is 0 Å². The van der Waals surface area contributed by atoms with E-state index < -0.39 is 10.8 Å². The molecule has 0 bridgehead atoms. The molecule has 0 aliphatic rings. The number of nitrogens with one attached hydrogen (secondary N) is 1. The van der Waals surface area contributed by atoms with Gasteiger partial charge in [0.1, 0.15) is 0 Å². The average molecular weight is 243 g/mol. The number of rotatable bonds is 6. The third-order valence-electron chi connectivity index (χ3n) is 2.87. The van der Waals surface area contributed by atoms with E-state index in [-0.39, 0.29) is 11.3 Å². The molecule has 0 spiro atoms. The quantitative estimate of drug-likeness (QED) is 0.817. The van der Waals surface area contributed by atoms with Crippen LogP contribution in [0.3, 0.4) is 0 Å². The maximum Gasteiger partial charge on any atom is 0.0547 e.